The number of ether oxygens (including phenoxy) is 3. The van der Waals surface area contributed by atoms with Crippen LogP contribution in [0, 0.1) is 0 Å². The minimum absolute atomic E-state index is 0.253. The molecule has 0 saturated carbocycles. The fourth-order valence-corrected chi connectivity index (χ4v) is 2.55. The molecule has 0 radical (unpaired) electrons. The average Bonchev–Trinajstić information content (AvgIpc) is 3.00. The second-order valence-corrected chi connectivity index (χ2v) is 5.00. The Labute approximate surface area is 126 Å². The third-order valence-electron chi connectivity index (χ3n) is 2.80. The standard InChI is InChI=1S/C14H16N2O4S/c1-18-10-5-11(19-2)7-12(6-10)20-8-9-3-4-21-13(9)14(17)16-15/h3-7H,8,15H2,1-2H3,(H,16,17). The number of methoxy groups -OCH3 is 2. The number of hydrogen-bond acceptors (Lipinski definition) is 6. The van der Waals surface area contributed by atoms with Crippen LogP contribution in [0.2, 0.25) is 0 Å². The highest BCUT2D eigenvalue weighted by Gasteiger charge is 2.12. The number of carbonyl (C=O) groups excluding carboxylic acids is 1. The first-order chi connectivity index (χ1) is 10.2. The maximum absolute atomic E-state index is 11.6. The van der Waals surface area contributed by atoms with E-state index in [9.17, 15) is 4.79 Å². The van der Waals surface area contributed by atoms with Crippen molar-refractivity contribution in [1.82, 2.24) is 5.43 Å². The van der Waals surface area contributed by atoms with Crippen molar-refractivity contribution >= 4 is 17.2 Å². The molecule has 21 heavy (non-hydrogen) atoms. The normalized spacial score (nSPS) is 10.0. The van der Waals surface area contributed by atoms with E-state index >= 15 is 0 Å². The molecule has 1 aromatic carbocycles. The first-order valence-electron chi connectivity index (χ1n) is 6.11. The van der Waals surface area contributed by atoms with Crippen molar-refractivity contribution in [2.45, 2.75) is 6.61 Å². The van der Waals surface area contributed by atoms with Crippen molar-refractivity contribution in [1.29, 1.82) is 0 Å². The highest BCUT2D eigenvalue weighted by atomic mass is 32.1. The molecule has 1 heterocycles. The van der Waals surface area contributed by atoms with Gasteiger partial charge in [0, 0.05) is 23.8 Å². The lowest BCUT2D eigenvalue weighted by molar-refractivity contribution is 0.0955. The third-order valence-corrected chi connectivity index (χ3v) is 3.76. The Balaban J connectivity index is 2.13. The Hall–Kier alpha value is -2.25. The Morgan fingerprint density at radius 2 is 1.81 bits per heavy atom. The Kier molecular flexibility index (Phi) is 5.02. The molecule has 0 atom stereocenters. The molecule has 6 nitrogen and oxygen atoms in total. The molecule has 2 aromatic rings. The second-order valence-electron chi connectivity index (χ2n) is 4.09. The van der Waals surface area contributed by atoms with Gasteiger partial charge in [0.2, 0.25) is 0 Å². The van der Waals surface area contributed by atoms with Crippen molar-refractivity contribution < 1.29 is 19.0 Å². The van der Waals surface area contributed by atoms with E-state index in [4.69, 9.17) is 20.1 Å². The fourth-order valence-electron chi connectivity index (χ4n) is 1.74. The van der Waals surface area contributed by atoms with Gasteiger partial charge in [-0.1, -0.05) is 0 Å². The van der Waals surface area contributed by atoms with Crippen LogP contribution in [0.25, 0.3) is 0 Å². The largest absolute Gasteiger partial charge is 0.496 e. The van der Waals surface area contributed by atoms with Crippen LogP contribution >= 0.6 is 11.3 Å². The van der Waals surface area contributed by atoms with Crippen LogP contribution in [-0.4, -0.2) is 20.1 Å². The molecule has 0 bridgehead atoms. The summed E-state index contributed by atoms with van der Waals surface area (Å²) in [5.41, 5.74) is 2.89. The van der Waals surface area contributed by atoms with Crippen molar-refractivity contribution in [3.8, 4) is 17.2 Å². The number of benzene rings is 1. The van der Waals surface area contributed by atoms with Crippen molar-refractivity contribution in [2.75, 3.05) is 14.2 Å². The molecule has 7 heteroatoms. The van der Waals surface area contributed by atoms with Gasteiger partial charge < -0.3 is 14.2 Å². The van der Waals surface area contributed by atoms with E-state index in [1.807, 2.05) is 11.4 Å². The number of nitrogens with two attached hydrogens (primary N) is 1. The summed E-state index contributed by atoms with van der Waals surface area (Å²) in [6.07, 6.45) is 0. The zero-order chi connectivity index (χ0) is 15.2. The maximum Gasteiger partial charge on any atom is 0.275 e. The zero-order valence-electron chi connectivity index (χ0n) is 11.7. The van der Waals surface area contributed by atoms with Crippen LogP contribution in [0.3, 0.4) is 0 Å². The molecule has 112 valence electrons. The number of thiophene rings is 1. The Morgan fingerprint density at radius 1 is 1.19 bits per heavy atom. The van der Waals surface area contributed by atoms with Crippen LogP contribution < -0.4 is 25.5 Å². The number of nitrogens with one attached hydrogen (secondary N) is 1. The number of carbonyl (C=O) groups is 1. The average molecular weight is 308 g/mol. The minimum atomic E-state index is -0.327. The van der Waals surface area contributed by atoms with Crippen LogP contribution in [-0.2, 0) is 6.61 Å². The molecule has 2 rings (SSSR count). The van der Waals surface area contributed by atoms with E-state index in [2.05, 4.69) is 5.43 Å². The smallest absolute Gasteiger partial charge is 0.275 e. The molecule has 3 N–H and O–H groups in total. The summed E-state index contributed by atoms with van der Waals surface area (Å²) in [5, 5.41) is 1.81. The summed E-state index contributed by atoms with van der Waals surface area (Å²) in [5.74, 6) is 6.68. The van der Waals surface area contributed by atoms with Gasteiger partial charge in [-0.2, -0.15) is 0 Å². The Bertz CT molecular complexity index is 605. The van der Waals surface area contributed by atoms with E-state index in [1.165, 1.54) is 11.3 Å². The molecular formula is C14H16N2O4S. The van der Waals surface area contributed by atoms with Gasteiger partial charge in [0.25, 0.3) is 5.91 Å². The number of amides is 1. The molecule has 1 amide bonds. The Morgan fingerprint density at radius 3 is 2.38 bits per heavy atom. The van der Waals surface area contributed by atoms with Gasteiger partial charge in [-0.15, -0.1) is 11.3 Å². The van der Waals surface area contributed by atoms with Gasteiger partial charge in [0.05, 0.1) is 19.1 Å². The fraction of sp³-hybridized carbons (Fsp3) is 0.214. The van der Waals surface area contributed by atoms with E-state index < -0.39 is 0 Å². The SMILES string of the molecule is COc1cc(OC)cc(OCc2ccsc2C(=O)NN)c1. The lowest BCUT2D eigenvalue weighted by Crippen LogP contribution is -2.30. The van der Waals surface area contributed by atoms with Crippen LogP contribution in [0.4, 0.5) is 0 Å². The number of rotatable bonds is 6. The van der Waals surface area contributed by atoms with E-state index in [0.717, 1.165) is 5.56 Å². The molecule has 0 aliphatic carbocycles. The topological polar surface area (TPSA) is 82.8 Å². The van der Waals surface area contributed by atoms with E-state index in [1.54, 1.807) is 32.4 Å². The predicted molar refractivity (Wildman–Crippen MR) is 79.9 cm³/mol. The summed E-state index contributed by atoms with van der Waals surface area (Å²) in [7, 11) is 3.14. The van der Waals surface area contributed by atoms with Crippen molar-refractivity contribution in [3.63, 3.8) is 0 Å². The predicted octanol–water partition coefficient (Wildman–Crippen LogP) is 1.95. The molecule has 1 aromatic heterocycles. The minimum Gasteiger partial charge on any atom is -0.496 e. The number of hydrogen-bond donors (Lipinski definition) is 2. The van der Waals surface area contributed by atoms with Gasteiger partial charge in [-0.25, -0.2) is 5.84 Å². The molecule has 0 aliphatic heterocycles. The number of hydrazine groups is 1. The summed E-state index contributed by atoms with van der Waals surface area (Å²) in [4.78, 5) is 12.1. The lowest BCUT2D eigenvalue weighted by Gasteiger charge is -2.10. The van der Waals surface area contributed by atoms with Crippen molar-refractivity contribution in [2.24, 2.45) is 5.84 Å². The zero-order valence-corrected chi connectivity index (χ0v) is 12.5. The highest BCUT2D eigenvalue weighted by molar-refractivity contribution is 7.12. The lowest BCUT2D eigenvalue weighted by atomic mass is 10.2. The summed E-state index contributed by atoms with van der Waals surface area (Å²) < 4.78 is 16.0. The quantitative estimate of drug-likeness (QED) is 0.484. The summed E-state index contributed by atoms with van der Waals surface area (Å²) >= 11 is 1.31. The monoisotopic (exact) mass is 308 g/mol. The molecule has 0 unspecified atom stereocenters. The highest BCUT2D eigenvalue weighted by Crippen LogP contribution is 2.28. The summed E-state index contributed by atoms with van der Waals surface area (Å²) in [6, 6.07) is 7.08. The van der Waals surface area contributed by atoms with E-state index in [-0.39, 0.29) is 12.5 Å². The van der Waals surface area contributed by atoms with Gasteiger partial charge in [0.15, 0.2) is 0 Å². The van der Waals surface area contributed by atoms with Gasteiger partial charge in [0.1, 0.15) is 23.9 Å². The van der Waals surface area contributed by atoms with Gasteiger partial charge in [-0.05, 0) is 11.4 Å². The molecule has 0 saturated heterocycles. The second kappa shape index (κ2) is 6.96. The first kappa shape index (κ1) is 15.1. The third kappa shape index (κ3) is 3.65. The van der Waals surface area contributed by atoms with Crippen LogP contribution in [0.5, 0.6) is 17.2 Å². The molecular weight excluding hydrogens is 292 g/mol. The molecule has 0 spiro atoms. The van der Waals surface area contributed by atoms with Crippen LogP contribution in [0.15, 0.2) is 29.6 Å². The van der Waals surface area contributed by atoms with Gasteiger partial charge >= 0.3 is 0 Å². The van der Waals surface area contributed by atoms with Gasteiger partial charge in [-0.3, -0.25) is 10.2 Å². The molecule has 0 fully saturated rings. The van der Waals surface area contributed by atoms with Crippen LogP contribution in [0.1, 0.15) is 15.2 Å². The molecule has 0 aliphatic rings. The number of nitrogen functional groups attached to an aromatic ring is 1. The van der Waals surface area contributed by atoms with Crippen molar-refractivity contribution in [3.05, 3.63) is 40.1 Å². The first-order valence-corrected chi connectivity index (χ1v) is 6.99. The maximum atomic E-state index is 11.6. The summed E-state index contributed by atoms with van der Waals surface area (Å²) in [6.45, 7) is 0.253. The van der Waals surface area contributed by atoms with E-state index in [0.29, 0.717) is 22.1 Å².